The number of hydrogen-bond donors (Lipinski definition) is 3. The molecule has 40 heavy (non-hydrogen) atoms. The summed E-state index contributed by atoms with van der Waals surface area (Å²) in [5.74, 6) is -1.79. The van der Waals surface area contributed by atoms with E-state index in [0.29, 0.717) is 25.9 Å². The molecule has 0 radical (unpaired) electrons. The molecular formula is C32H42N2O6. The van der Waals surface area contributed by atoms with E-state index in [1.807, 2.05) is 72.8 Å². The van der Waals surface area contributed by atoms with Gasteiger partial charge in [0.15, 0.2) is 0 Å². The van der Waals surface area contributed by atoms with Crippen molar-refractivity contribution in [2.24, 2.45) is 11.8 Å². The summed E-state index contributed by atoms with van der Waals surface area (Å²) in [5, 5.41) is 14.9. The molecule has 2 aromatic carbocycles. The number of allylic oxidation sites excluding steroid dienone is 2. The Labute approximate surface area is 237 Å². The van der Waals surface area contributed by atoms with E-state index in [-0.39, 0.29) is 49.9 Å². The lowest BCUT2D eigenvalue weighted by Crippen LogP contribution is -2.46. The predicted octanol–water partition coefficient (Wildman–Crippen LogP) is 3.72. The van der Waals surface area contributed by atoms with Crippen molar-refractivity contribution in [3.63, 3.8) is 0 Å². The van der Waals surface area contributed by atoms with E-state index in [0.717, 1.165) is 24.0 Å². The van der Waals surface area contributed by atoms with E-state index in [1.54, 1.807) is 6.92 Å². The lowest BCUT2D eigenvalue weighted by Gasteiger charge is -2.24. The van der Waals surface area contributed by atoms with Gasteiger partial charge in [0.2, 0.25) is 11.8 Å². The molecule has 1 heterocycles. The Morgan fingerprint density at radius 1 is 1.05 bits per heavy atom. The molecule has 8 heteroatoms. The van der Waals surface area contributed by atoms with E-state index in [9.17, 15) is 19.5 Å². The van der Waals surface area contributed by atoms with E-state index in [4.69, 9.17) is 9.47 Å². The fraction of sp³-hybridized carbons (Fsp3) is 0.469. The van der Waals surface area contributed by atoms with Crippen LogP contribution < -0.4 is 10.6 Å². The van der Waals surface area contributed by atoms with Crippen molar-refractivity contribution < 1.29 is 29.0 Å². The number of esters is 1. The number of benzene rings is 2. The van der Waals surface area contributed by atoms with Gasteiger partial charge in [-0.3, -0.25) is 14.4 Å². The molecule has 0 spiro atoms. The zero-order chi connectivity index (χ0) is 28.6. The van der Waals surface area contributed by atoms with E-state index in [2.05, 4.69) is 10.6 Å². The summed E-state index contributed by atoms with van der Waals surface area (Å²) in [6.07, 6.45) is 7.16. The van der Waals surface area contributed by atoms with Crippen LogP contribution in [0.4, 0.5) is 0 Å². The van der Waals surface area contributed by atoms with Crippen LogP contribution in [0.5, 0.6) is 0 Å². The highest BCUT2D eigenvalue weighted by molar-refractivity contribution is 5.86. The summed E-state index contributed by atoms with van der Waals surface area (Å²) in [4.78, 5) is 39.0. The van der Waals surface area contributed by atoms with Gasteiger partial charge in [0.25, 0.3) is 0 Å². The summed E-state index contributed by atoms with van der Waals surface area (Å²) in [7, 11) is 0. The normalized spacial score (nSPS) is 21.5. The van der Waals surface area contributed by atoms with Crippen molar-refractivity contribution in [2.75, 3.05) is 19.8 Å². The summed E-state index contributed by atoms with van der Waals surface area (Å²) in [6, 6.07) is 18.6. The zero-order valence-electron chi connectivity index (χ0n) is 23.3. The fourth-order valence-electron chi connectivity index (χ4n) is 4.59. The minimum absolute atomic E-state index is 0.0168. The van der Waals surface area contributed by atoms with Gasteiger partial charge < -0.3 is 25.2 Å². The standard InChI is InChI=1S/C32H42N2O6/c1-24(20-35)33-30(36)19-27-16-10-2-3-11-17-28(18-25-12-6-4-7-13-25)32(38)40-23-29(34-31(27)37)22-39-21-26-14-8-5-9-15-26/h2,4-10,12-15,24,27-29,35H,3,11,16-23H2,1H3,(H,33,36)(H,34,37). The molecule has 0 aromatic heterocycles. The minimum atomic E-state index is -0.608. The molecular weight excluding hydrogens is 508 g/mol. The van der Waals surface area contributed by atoms with Crippen LogP contribution in [-0.4, -0.2) is 54.8 Å². The summed E-state index contributed by atoms with van der Waals surface area (Å²) in [6.45, 7) is 1.99. The van der Waals surface area contributed by atoms with Gasteiger partial charge in [0.05, 0.1) is 37.7 Å². The second-order valence-corrected chi connectivity index (χ2v) is 10.4. The summed E-state index contributed by atoms with van der Waals surface area (Å²) in [5.41, 5.74) is 2.07. The average molecular weight is 551 g/mol. The van der Waals surface area contributed by atoms with Gasteiger partial charge in [-0.15, -0.1) is 0 Å². The highest BCUT2D eigenvalue weighted by Gasteiger charge is 2.27. The topological polar surface area (TPSA) is 114 Å². The predicted molar refractivity (Wildman–Crippen MR) is 153 cm³/mol. The number of ether oxygens (including phenoxy) is 2. The number of aliphatic hydroxyl groups is 1. The van der Waals surface area contributed by atoms with Gasteiger partial charge in [0, 0.05) is 12.5 Å². The first-order valence-corrected chi connectivity index (χ1v) is 14.1. The Morgan fingerprint density at radius 3 is 2.45 bits per heavy atom. The number of rotatable bonds is 10. The van der Waals surface area contributed by atoms with Gasteiger partial charge in [-0.1, -0.05) is 72.8 Å². The van der Waals surface area contributed by atoms with Crippen LogP contribution in [0.2, 0.25) is 0 Å². The minimum Gasteiger partial charge on any atom is -0.463 e. The first kappa shape index (κ1) is 31.0. The number of carbonyl (C=O) groups is 3. The molecule has 0 bridgehead atoms. The van der Waals surface area contributed by atoms with Crippen molar-refractivity contribution in [3.8, 4) is 0 Å². The Hall–Kier alpha value is -3.49. The van der Waals surface area contributed by atoms with Crippen LogP contribution in [0.3, 0.4) is 0 Å². The van der Waals surface area contributed by atoms with Crippen LogP contribution in [0.1, 0.15) is 50.2 Å². The Bertz CT molecular complexity index is 1080. The molecule has 1 aliphatic heterocycles. The Balaban J connectivity index is 1.72. The number of aliphatic hydroxyl groups excluding tert-OH is 1. The van der Waals surface area contributed by atoms with Gasteiger partial charge in [-0.05, 0) is 50.2 Å². The zero-order valence-corrected chi connectivity index (χ0v) is 23.3. The maximum absolute atomic E-state index is 13.3. The van der Waals surface area contributed by atoms with E-state index >= 15 is 0 Å². The SMILES string of the molecule is CC(CO)NC(=O)CC1CC=CCCCC(Cc2ccccc2)C(=O)OCC(COCc2ccccc2)NC1=O. The number of amides is 2. The third-order valence-corrected chi connectivity index (χ3v) is 6.86. The molecule has 3 rings (SSSR count). The van der Waals surface area contributed by atoms with Gasteiger partial charge in [-0.2, -0.15) is 0 Å². The molecule has 216 valence electrons. The Morgan fingerprint density at radius 2 is 1.75 bits per heavy atom. The van der Waals surface area contributed by atoms with Crippen molar-refractivity contribution >= 4 is 17.8 Å². The van der Waals surface area contributed by atoms with Crippen LogP contribution in [0.15, 0.2) is 72.8 Å². The van der Waals surface area contributed by atoms with Crippen LogP contribution in [0, 0.1) is 11.8 Å². The van der Waals surface area contributed by atoms with Crippen molar-refractivity contribution in [1.82, 2.24) is 10.6 Å². The maximum Gasteiger partial charge on any atom is 0.309 e. The highest BCUT2D eigenvalue weighted by atomic mass is 16.5. The lowest BCUT2D eigenvalue weighted by atomic mass is 9.93. The third-order valence-electron chi connectivity index (χ3n) is 6.86. The number of nitrogens with one attached hydrogen (secondary N) is 2. The molecule has 4 unspecified atom stereocenters. The number of cyclic esters (lactones) is 1. The van der Waals surface area contributed by atoms with Crippen molar-refractivity contribution in [3.05, 3.63) is 83.9 Å². The van der Waals surface area contributed by atoms with Gasteiger partial charge in [-0.25, -0.2) is 0 Å². The van der Waals surface area contributed by atoms with Crippen LogP contribution >= 0.6 is 0 Å². The first-order chi connectivity index (χ1) is 19.4. The monoisotopic (exact) mass is 550 g/mol. The number of carbonyl (C=O) groups excluding carboxylic acids is 3. The summed E-state index contributed by atoms with van der Waals surface area (Å²) >= 11 is 0. The van der Waals surface area contributed by atoms with Crippen LogP contribution in [-0.2, 0) is 36.9 Å². The quantitative estimate of drug-likeness (QED) is 0.307. The average Bonchev–Trinajstić information content (AvgIpc) is 2.96. The Kier molecular flexibility index (Phi) is 13.4. The third kappa shape index (κ3) is 11.3. The molecule has 1 aliphatic rings. The molecule has 0 aliphatic carbocycles. The first-order valence-electron chi connectivity index (χ1n) is 14.1. The number of hydrogen-bond acceptors (Lipinski definition) is 6. The molecule has 4 atom stereocenters. The molecule has 0 saturated heterocycles. The van der Waals surface area contributed by atoms with E-state index < -0.39 is 18.0 Å². The van der Waals surface area contributed by atoms with E-state index in [1.165, 1.54) is 0 Å². The molecule has 8 nitrogen and oxygen atoms in total. The fourth-order valence-corrected chi connectivity index (χ4v) is 4.59. The second kappa shape index (κ2) is 17.3. The molecule has 0 fully saturated rings. The molecule has 0 saturated carbocycles. The highest BCUT2D eigenvalue weighted by Crippen LogP contribution is 2.19. The van der Waals surface area contributed by atoms with Gasteiger partial charge in [0.1, 0.15) is 6.61 Å². The molecule has 3 N–H and O–H groups in total. The second-order valence-electron chi connectivity index (χ2n) is 10.4. The molecule has 2 amide bonds. The van der Waals surface area contributed by atoms with Gasteiger partial charge >= 0.3 is 5.97 Å². The molecule has 2 aromatic rings. The largest absolute Gasteiger partial charge is 0.463 e. The summed E-state index contributed by atoms with van der Waals surface area (Å²) < 4.78 is 11.7. The van der Waals surface area contributed by atoms with Crippen LogP contribution in [0.25, 0.3) is 0 Å². The maximum atomic E-state index is 13.3. The van der Waals surface area contributed by atoms with Crippen molar-refractivity contribution in [1.29, 1.82) is 0 Å². The smallest absolute Gasteiger partial charge is 0.309 e. The van der Waals surface area contributed by atoms with Crippen molar-refractivity contribution in [2.45, 2.75) is 64.1 Å². The lowest BCUT2D eigenvalue weighted by molar-refractivity contribution is -0.151.